The van der Waals surface area contributed by atoms with Crippen LogP contribution < -0.4 is 27.4 Å². The highest BCUT2D eigenvalue weighted by molar-refractivity contribution is 5.87. The van der Waals surface area contributed by atoms with Crippen molar-refractivity contribution >= 4 is 27.9 Å². The summed E-state index contributed by atoms with van der Waals surface area (Å²) < 4.78 is 4.31. The molecule has 1 fully saturated rings. The maximum atomic E-state index is 13.8. The number of H-pyrrole nitrogens is 1. The van der Waals surface area contributed by atoms with Crippen molar-refractivity contribution in [1.29, 1.82) is 0 Å². The Hall–Kier alpha value is -4.10. The fourth-order valence-corrected chi connectivity index (χ4v) is 5.02. The third-order valence-electron chi connectivity index (χ3n) is 6.94. The van der Waals surface area contributed by atoms with Crippen molar-refractivity contribution < 1.29 is 0 Å². The molecule has 3 aromatic heterocycles. The highest BCUT2D eigenvalue weighted by atomic mass is 16.2. The van der Waals surface area contributed by atoms with Gasteiger partial charge < -0.3 is 15.6 Å². The smallest absolute Gasteiger partial charge is 0.332 e. The molecule has 4 aromatic rings. The van der Waals surface area contributed by atoms with Crippen molar-refractivity contribution in [2.45, 2.75) is 45.8 Å². The second-order valence-electron chi connectivity index (χ2n) is 9.28. The maximum absolute atomic E-state index is 13.8. The lowest BCUT2D eigenvalue weighted by Crippen LogP contribution is -2.44. The first-order valence-electron chi connectivity index (χ1n) is 12.0. The van der Waals surface area contributed by atoms with Crippen LogP contribution in [0.25, 0.3) is 21.9 Å². The first-order valence-corrected chi connectivity index (χ1v) is 12.0. The SMILES string of the molecule is CC#CCn1c(N2CCC[C@@H](N)C2)nc2c1c(=O)n(Cc1[nH]c(=O)c(C)c3ccccc13)c(=O)n2C. The van der Waals surface area contributed by atoms with Gasteiger partial charge in [-0.15, -0.1) is 5.92 Å². The van der Waals surface area contributed by atoms with Crippen LogP contribution in [0.3, 0.4) is 0 Å². The van der Waals surface area contributed by atoms with Crippen LogP contribution in [-0.2, 0) is 20.1 Å². The number of benzene rings is 1. The molecule has 186 valence electrons. The minimum absolute atomic E-state index is 0.0105. The van der Waals surface area contributed by atoms with Crippen molar-refractivity contribution in [2.24, 2.45) is 12.8 Å². The van der Waals surface area contributed by atoms with Crippen molar-refractivity contribution in [3.05, 3.63) is 66.7 Å². The van der Waals surface area contributed by atoms with E-state index in [4.69, 9.17) is 10.7 Å². The third kappa shape index (κ3) is 3.82. The van der Waals surface area contributed by atoms with Gasteiger partial charge in [-0.3, -0.25) is 23.3 Å². The second-order valence-corrected chi connectivity index (χ2v) is 9.28. The summed E-state index contributed by atoms with van der Waals surface area (Å²) in [7, 11) is 1.60. The first kappa shape index (κ1) is 23.6. The Morgan fingerprint density at radius 2 is 1.92 bits per heavy atom. The number of rotatable bonds is 4. The number of anilines is 1. The van der Waals surface area contributed by atoms with Gasteiger partial charge in [-0.25, -0.2) is 4.79 Å². The van der Waals surface area contributed by atoms with Crippen molar-refractivity contribution in [3.63, 3.8) is 0 Å². The van der Waals surface area contributed by atoms with E-state index in [2.05, 4.69) is 21.7 Å². The molecule has 1 saturated heterocycles. The van der Waals surface area contributed by atoms with E-state index < -0.39 is 11.2 Å². The Bertz CT molecular complexity index is 1730. The molecule has 0 radical (unpaired) electrons. The molecule has 0 bridgehead atoms. The Labute approximate surface area is 207 Å². The highest BCUT2D eigenvalue weighted by Gasteiger charge is 2.26. The van der Waals surface area contributed by atoms with Gasteiger partial charge in [0.15, 0.2) is 11.2 Å². The summed E-state index contributed by atoms with van der Waals surface area (Å²) in [4.78, 5) is 49.5. The van der Waals surface area contributed by atoms with Gasteiger partial charge in [-0.1, -0.05) is 30.2 Å². The monoisotopic (exact) mass is 487 g/mol. The second kappa shape index (κ2) is 9.17. The van der Waals surface area contributed by atoms with E-state index in [0.29, 0.717) is 34.9 Å². The van der Waals surface area contributed by atoms with E-state index in [0.717, 1.165) is 34.7 Å². The van der Waals surface area contributed by atoms with Gasteiger partial charge in [0.05, 0.1) is 13.1 Å². The number of aromatic nitrogens is 5. The predicted molar refractivity (Wildman–Crippen MR) is 141 cm³/mol. The maximum Gasteiger partial charge on any atom is 0.332 e. The molecule has 1 aliphatic heterocycles. The summed E-state index contributed by atoms with van der Waals surface area (Å²) in [6, 6.07) is 7.47. The molecule has 1 atom stereocenters. The summed E-state index contributed by atoms with van der Waals surface area (Å²) in [6.07, 6.45) is 1.85. The number of nitrogens with one attached hydrogen (secondary N) is 1. The summed E-state index contributed by atoms with van der Waals surface area (Å²) >= 11 is 0. The topological polar surface area (TPSA) is 124 Å². The lowest BCUT2D eigenvalue weighted by atomic mass is 10.1. The standard InChI is InChI=1S/C26H29N7O3/c1-4-5-13-32-21-22(29-25(32)31-12-8-9-17(27)14-31)30(3)26(36)33(24(21)35)15-20-19-11-7-6-10-18(19)16(2)23(34)28-20/h6-7,10-11,17H,8-9,12-15,27H2,1-3H3,(H,28,34)/t17-/m1/s1. The zero-order chi connectivity index (χ0) is 25.6. The zero-order valence-corrected chi connectivity index (χ0v) is 20.7. The number of aromatic amines is 1. The number of nitrogens with zero attached hydrogens (tertiary/aromatic N) is 5. The molecule has 0 aliphatic carbocycles. The minimum atomic E-state index is -0.508. The molecule has 1 aromatic carbocycles. The van der Waals surface area contributed by atoms with E-state index in [1.807, 2.05) is 24.3 Å². The molecule has 36 heavy (non-hydrogen) atoms. The van der Waals surface area contributed by atoms with Crippen LogP contribution >= 0.6 is 0 Å². The van der Waals surface area contributed by atoms with Gasteiger partial charge in [0.2, 0.25) is 5.95 Å². The number of nitrogens with two attached hydrogens (primary N) is 1. The molecule has 10 nitrogen and oxygen atoms in total. The van der Waals surface area contributed by atoms with E-state index >= 15 is 0 Å². The molecule has 0 saturated carbocycles. The van der Waals surface area contributed by atoms with Crippen molar-refractivity contribution in [2.75, 3.05) is 18.0 Å². The summed E-state index contributed by atoms with van der Waals surface area (Å²) in [5, 5.41) is 1.58. The Balaban J connectivity index is 1.74. The molecule has 0 unspecified atom stereocenters. The molecule has 3 N–H and O–H groups in total. The van der Waals surface area contributed by atoms with Crippen LogP contribution in [-0.4, -0.2) is 42.8 Å². The molecular formula is C26H29N7O3. The summed E-state index contributed by atoms with van der Waals surface area (Å²) in [5.74, 6) is 6.50. The third-order valence-corrected chi connectivity index (χ3v) is 6.94. The quantitative estimate of drug-likeness (QED) is 0.415. The molecule has 10 heteroatoms. The number of imidazole rings is 1. The number of fused-ring (bicyclic) bond motifs is 2. The molecule has 0 spiro atoms. The van der Waals surface area contributed by atoms with E-state index in [9.17, 15) is 14.4 Å². The number of hydrogen-bond donors (Lipinski definition) is 2. The fraction of sp³-hybridized carbons (Fsp3) is 0.385. The van der Waals surface area contributed by atoms with Crippen LogP contribution in [0.1, 0.15) is 31.0 Å². The lowest BCUT2D eigenvalue weighted by Gasteiger charge is -2.31. The normalized spacial score (nSPS) is 15.9. The van der Waals surface area contributed by atoms with Crippen molar-refractivity contribution in [1.82, 2.24) is 23.7 Å². The number of piperidine rings is 1. The van der Waals surface area contributed by atoms with Crippen LogP contribution in [0.2, 0.25) is 0 Å². The fourth-order valence-electron chi connectivity index (χ4n) is 5.02. The van der Waals surface area contributed by atoms with Gasteiger partial charge in [0.25, 0.3) is 11.1 Å². The Kier molecular flexibility index (Phi) is 6.02. The van der Waals surface area contributed by atoms with Gasteiger partial charge in [0, 0.05) is 42.8 Å². The van der Waals surface area contributed by atoms with E-state index in [-0.39, 0.29) is 24.7 Å². The van der Waals surface area contributed by atoms with Gasteiger partial charge >= 0.3 is 5.69 Å². The van der Waals surface area contributed by atoms with Crippen molar-refractivity contribution in [3.8, 4) is 11.8 Å². The average molecular weight is 488 g/mol. The minimum Gasteiger partial charge on any atom is -0.341 e. The number of pyridine rings is 1. The summed E-state index contributed by atoms with van der Waals surface area (Å²) in [6.45, 7) is 5.04. The molecular weight excluding hydrogens is 458 g/mol. The van der Waals surface area contributed by atoms with Crippen LogP contribution in [0.5, 0.6) is 0 Å². The van der Waals surface area contributed by atoms with Gasteiger partial charge in [-0.05, 0) is 32.1 Å². The average Bonchev–Trinajstić information content (AvgIpc) is 3.26. The summed E-state index contributed by atoms with van der Waals surface area (Å²) in [5.41, 5.74) is 6.67. The highest BCUT2D eigenvalue weighted by Crippen LogP contribution is 2.23. The number of aryl methyl sites for hydroxylation is 2. The lowest BCUT2D eigenvalue weighted by molar-refractivity contribution is 0.496. The first-order chi connectivity index (χ1) is 17.3. The van der Waals surface area contributed by atoms with Crippen LogP contribution in [0, 0.1) is 18.8 Å². The number of hydrogen-bond acceptors (Lipinski definition) is 6. The van der Waals surface area contributed by atoms with Gasteiger partial charge in [-0.2, -0.15) is 4.98 Å². The molecule has 4 heterocycles. The van der Waals surface area contributed by atoms with Gasteiger partial charge in [0.1, 0.15) is 0 Å². The van der Waals surface area contributed by atoms with Crippen LogP contribution in [0.15, 0.2) is 38.6 Å². The zero-order valence-electron chi connectivity index (χ0n) is 20.7. The largest absolute Gasteiger partial charge is 0.341 e. The molecule has 0 amide bonds. The van der Waals surface area contributed by atoms with E-state index in [1.165, 1.54) is 4.57 Å². The molecule has 1 aliphatic rings. The molecule has 5 rings (SSSR count). The predicted octanol–water partition coefficient (Wildman–Crippen LogP) is 1.05. The van der Waals surface area contributed by atoms with Crippen LogP contribution in [0.4, 0.5) is 5.95 Å². The Morgan fingerprint density at radius 1 is 1.17 bits per heavy atom. The van der Waals surface area contributed by atoms with E-state index in [1.54, 1.807) is 25.5 Å². The Morgan fingerprint density at radius 3 is 2.64 bits per heavy atom.